The Balaban J connectivity index is 1.84. The number of aryl methyl sites for hydroxylation is 1. The molecule has 0 spiro atoms. The lowest BCUT2D eigenvalue weighted by Crippen LogP contribution is -2.28. The standard InChI is InChI=1S/C19H23N3O3/c1-14-5-3-4-6-17(14)22-19(24)21-16-9-7-15(8-10-16)13-18(23)20-11-12-25-2/h3-10H,11-13H2,1-2H3,(H,20,23)(H2,21,22,24). The second-order valence-corrected chi connectivity index (χ2v) is 5.61. The zero-order valence-electron chi connectivity index (χ0n) is 14.5. The number of hydrogen-bond acceptors (Lipinski definition) is 3. The Bertz CT molecular complexity index is 714. The van der Waals surface area contributed by atoms with Gasteiger partial charge in [-0.25, -0.2) is 4.79 Å². The van der Waals surface area contributed by atoms with E-state index in [4.69, 9.17) is 4.74 Å². The predicted octanol–water partition coefficient (Wildman–Crippen LogP) is 2.94. The Labute approximate surface area is 147 Å². The number of methoxy groups -OCH3 is 1. The molecule has 2 aromatic carbocycles. The summed E-state index contributed by atoms with van der Waals surface area (Å²) >= 11 is 0. The van der Waals surface area contributed by atoms with Crippen LogP contribution in [0.4, 0.5) is 16.2 Å². The van der Waals surface area contributed by atoms with Gasteiger partial charge in [0.05, 0.1) is 13.0 Å². The van der Waals surface area contributed by atoms with Crippen molar-refractivity contribution in [3.63, 3.8) is 0 Å². The van der Waals surface area contributed by atoms with E-state index < -0.39 is 0 Å². The number of nitrogens with one attached hydrogen (secondary N) is 3. The molecule has 132 valence electrons. The lowest BCUT2D eigenvalue weighted by molar-refractivity contribution is -0.120. The maximum atomic E-state index is 12.0. The lowest BCUT2D eigenvalue weighted by atomic mass is 10.1. The molecule has 0 aromatic heterocycles. The monoisotopic (exact) mass is 341 g/mol. The molecule has 25 heavy (non-hydrogen) atoms. The summed E-state index contributed by atoms with van der Waals surface area (Å²) in [5.74, 6) is -0.0601. The van der Waals surface area contributed by atoms with Gasteiger partial charge in [-0.2, -0.15) is 0 Å². The Kier molecular flexibility index (Phi) is 6.98. The predicted molar refractivity (Wildman–Crippen MR) is 98.9 cm³/mol. The van der Waals surface area contributed by atoms with Crippen molar-refractivity contribution < 1.29 is 14.3 Å². The number of para-hydroxylation sites is 1. The maximum Gasteiger partial charge on any atom is 0.323 e. The Morgan fingerprint density at radius 1 is 1.00 bits per heavy atom. The van der Waals surface area contributed by atoms with Crippen LogP contribution in [0.1, 0.15) is 11.1 Å². The van der Waals surface area contributed by atoms with E-state index in [2.05, 4.69) is 16.0 Å². The molecule has 0 saturated carbocycles. The van der Waals surface area contributed by atoms with E-state index in [1.165, 1.54) is 0 Å². The van der Waals surface area contributed by atoms with E-state index in [-0.39, 0.29) is 11.9 Å². The molecule has 2 aromatic rings. The van der Waals surface area contributed by atoms with Crippen molar-refractivity contribution in [3.05, 3.63) is 59.7 Å². The SMILES string of the molecule is COCCNC(=O)Cc1ccc(NC(=O)Nc2ccccc2C)cc1. The highest BCUT2D eigenvalue weighted by Gasteiger charge is 2.06. The minimum absolute atomic E-state index is 0.0601. The normalized spacial score (nSPS) is 10.2. The second kappa shape index (κ2) is 9.44. The number of carbonyl (C=O) groups is 2. The van der Waals surface area contributed by atoms with Crippen molar-refractivity contribution in [1.82, 2.24) is 5.32 Å². The maximum absolute atomic E-state index is 12.0. The number of urea groups is 1. The summed E-state index contributed by atoms with van der Waals surface area (Å²) in [4.78, 5) is 23.8. The third kappa shape index (κ3) is 6.27. The molecule has 0 fully saturated rings. The minimum atomic E-state index is -0.306. The fourth-order valence-corrected chi connectivity index (χ4v) is 2.24. The molecule has 0 aliphatic carbocycles. The van der Waals surface area contributed by atoms with Gasteiger partial charge in [0, 0.05) is 25.0 Å². The van der Waals surface area contributed by atoms with Gasteiger partial charge in [0.2, 0.25) is 5.91 Å². The number of amides is 3. The van der Waals surface area contributed by atoms with E-state index in [9.17, 15) is 9.59 Å². The zero-order valence-corrected chi connectivity index (χ0v) is 14.5. The molecular weight excluding hydrogens is 318 g/mol. The van der Waals surface area contributed by atoms with Gasteiger partial charge in [-0.1, -0.05) is 30.3 Å². The van der Waals surface area contributed by atoms with Gasteiger partial charge < -0.3 is 20.7 Å². The largest absolute Gasteiger partial charge is 0.383 e. The van der Waals surface area contributed by atoms with Crippen molar-refractivity contribution in [2.45, 2.75) is 13.3 Å². The topological polar surface area (TPSA) is 79.5 Å². The molecule has 0 radical (unpaired) electrons. The van der Waals surface area contributed by atoms with Crippen molar-refractivity contribution >= 4 is 23.3 Å². The van der Waals surface area contributed by atoms with Gasteiger partial charge >= 0.3 is 6.03 Å². The number of benzene rings is 2. The quantitative estimate of drug-likeness (QED) is 0.678. The van der Waals surface area contributed by atoms with Gasteiger partial charge in [0.25, 0.3) is 0 Å². The number of carbonyl (C=O) groups excluding carboxylic acids is 2. The first kappa shape index (κ1) is 18.5. The first-order chi connectivity index (χ1) is 12.1. The number of hydrogen-bond donors (Lipinski definition) is 3. The first-order valence-electron chi connectivity index (χ1n) is 8.06. The van der Waals surface area contributed by atoms with Crippen LogP contribution in [0.3, 0.4) is 0 Å². The molecule has 0 heterocycles. The van der Waals surface area contributed by atoms with Gasteiger partial charge in [-0.05, 0) is 36.2 Å². The summed E-state index contributed by atoms with van der Waals surface area (Å²) in [5.41, 5.74) is 3.30. The van der Waals surface area contributed by atoms with Crippen LogP contribution in [0.2, 0.25) is 0 Å². The molecule has 0 unspecified atom stereocenters. The number of ether oxygens (including phenoxy) is 1. The number of rotatable bonds is 7. The summed E-state index contributed by atoms with van der Waals surface area (Å²) < 4.78 is 4.88. The summed E-state index contributed by atoms with van der Waals surface area (Å²) in [5, 5.41) is 8.35. The van der Waals surface area contributed by atoms with Crippen LogP contribution in [0.15, 0.2) is 48.5 Å². The Morgan fingerprint density at radius 2 is 1.72 bits per heavy atom. The first-order valence-corrected chi connectivity index (χ1v) is 8.06. The van der Waals surface area contributed by atoms with Crippen molar-refractivity contribution in [2.24, 2.45) is 0 Å². The summed E-state index contributed by atoms with van der Waals surface area (Å²) in [7, 11) is 1.59. The van der Waals surface area contributed by atoms with E-state index in [1.54, 1.807) is 19.2 Å². The van der Waals surface area contributed by atoms with Crippen LogP contribution in [0.25, 0.3) is 0 Å². The zero-order chi connectivity index (χ0) is 18.1. The van der Waals surface area contributed by atoms with Gasteiger partial charge in [0.1, 0.15) is 0 Å². The third-order valence-corrected chi connectivity index (χ3v) is 3.60. The molecule has 0 aliphatic rings. The van der Waals surface area contributed by atoms with Crippen molar-refractivity contribution in [2.75, 3.05) is 30.9 Å². The molecule has 3 amide bonds. The highest BCUT2D eigenvalue weighted by Crippen LogP contribution is 2.15. The van der Waals surface area contributed by atoms with Crippen LogP contribution in [0, 0.1) is 6.92 Å². The average Bonchev–Trinajstić information content (AvgIpc) is 2.59. The summed E-state index contributed by atoms with van der Waals surface area (Å²) in [6.07, 6.45) is 0.291. The van der Waals surface area contributed by atoms with Gasteiger partial charge in [-0.3, -0.25) is 4.79 Å². The third-order valence-electron chi connectivity index (χ3n) is 3.60. The summed E-state index contributed by atoms with van der Waals surface area (Å²) in [6.45, 7) is 2.92. The van der Waals surface area contributed by atoms with Gasteiger partial charge in [-0.15, -0.1) is 0 Å². The van der Waals surface area contributed by atoms with Crippen LogP contribution in [-0.4, -0.2) is 32.2 Å². The minimum Gasteiger partial charge on any atom is -0.383 e. The van der Waals surface area contributed by atoms with Gasteiger partial charge in [0.15, 0.2) is 0 Å². The van der Waals surface area contributed by atoms with E-state index in [0.717, 1.165) is 16.8 Å². The van der Waals surface area contributed by atoms with Crippen LogP contribution >= 0.6 is 0 Å². The van der Waals surface area contributed by atoms with E-state index >= 15 is 0 Å². The molecule has 6 heteroatoms. The highest BCUT2D eigenvalue weighted by molar-refractivity contribution is 6.00. The molecule has 3 N–H and O–H groups in total. The van der Waals surface area contributed by atoms with E-state index in [1.807, 2.05) is 43.3 Å². The van der Waals surface area contributed by atoms with Crippen molar-refractivity contribution in [1.29, 1.82) is 0 Å². The highest BCUT2D eigenvalue weighted by atomic mass is 16.5. The fraction of sp³-hybridized carbons (Fsp3) is 0.263. The Morgan fingerprint density at radius 3 is 2.40 bits per heavy atom. The number of anilines is 2. The molecule has 6 nitrogen and oxygen atoms in total. The molecule has 0 bridgehead atoms. The molecular formula is C19H23N3O3. The molecule has 0 atom stereocenters. The van der Waals surface area contributed by atoms with Crippen LogP contribution in [0.5, 0.6) is 0 Å². The van der Waals surface area contributed by atoms with Crippen molar-refractivity contribution in [3.8, 4) is 0 Å². The molecule has 0 aliphatic heterocycles. The molecule has 2 rings (SSSR count). The summed E-state index contributed by atoms with van der Waals surface area (Å²) in [6, 6.07) is 14.4. The van der Waals surface area contributed by atoms with E-state index in [0.29, 0.717) is 25.3 Å². The molecule has 0 saturated heterocycles. The lowest BCUT2D eigenvalue weighted by Gasteiger charge is -2.10. The fourth-order valence-electron chi connectivity index (χ4n) is 2.24. The smallest absolute Gasteiger partial charge is 0.323 e. The van der Waals surface area contributed by atoms with Crippen LogP contribution < -0.4 is 16.0 Å². The Hall–Kier alpha value is -2.86. The van der Waals surface area contributed by atoms with Crippen LogP contribution in [-0.2, 0) is 16.0 Å². The second-order valence-electron chi connectivity index (χ2n) is 5.61. The average molecular weight is 341 g/mol.